The maximum absolute atomic E-state index is 12.4. The molecule has 2 aromatic rings. The first-order valence-corrected chi connectivity index (χ1v) is 10.9. The first-order chi connectivity index (χ1) is 13.3. The summed E-state index contributed by atoms with van der Waals surface area (Å²) in [5.41, 5.74) is 6.79. The number of thioether (sulfide) groups is 1. The number of nitrogens with one attached hydrogen (secondary N) is 1. The fraction of sp³-hybridized carbons (Fsp3) is 0.316. The van der Waals surface area contributed by atoms with Crippen LogP contribution in [0.3, 0.4) is 0 Å². The standard InChI is InChI=1S/C19H20ClN3O3S2/c1-11(24)23-8-6-14-15(10-23)28-19(17(14)18(21)26)22-16(25)7-9-27-13-4-2-12(20)3-5-13/h2-5H,6-10H2,1H3,(H2,21,26)(H,22,25). The third-order valence-electron chi connectivity index (χ3n) is 4.41. The Kier molecular flexibility index (Phi) is 6.64. The Balaban J connectivity index is 1.64. The number of halogens is 1. The van der Waals surface area contributed by atoms with Crippen molar-refractivity contribution in [1.82, 2.24) is 4.90 Å². The molecule has 3 amide bonds. The number of amides is 3. The lowest BCUT2D eigenvalue weighted by Gasteiger charge is -2.25. The molecule has 0 atom stereocenters. The molecule has 1 aliphatic heterocycles. The first kappa shape index (κ1) is 20.7. The number of hydrogen-bond donors (Lipinski definition) is 2. The van der Waals surface area contributed by atoms with Gasteiger partial charge in [0.2, 0.25) is 11.8 Å². The van der Waals surface area contributed by atoms with E-state index >= 15 is 0 Å². The molecule has 0 bridgehead atoms. The van der Waals surface area contributed by atoms with Crippen molar-refractivity contribution in [3.05, 3.63) is 45.3 Å². The second-order valence-corrected chi connectivity index (χ2v) is 9.07. The summed E-state index contributed by atoms with van der Waals surface area (Å²) in [6.07, 6.45) is 0.861. The number of rotatable bonds is 6. The summed E-state index contributed by atoms with van der Waals surface area (Å²) in [5, 5.41) is 3.98. The molecule has 0 radical (unpaired) electrons. The maximum atomic E-state index is 12.4. The quantitative estimate of drug-likeness (QED) is 0.676. The van der Waals surface area contributed by atoms with Crippen LogP contribution in [0.4, 0.5) is 5.00 Å². The smallest absolute Gasteiger partial charge is 0.251 e. The van der Waals surface area contributed by atoms with Gasteiger partial charge in [0.05, 0.1) is 12.1 Å². The van der Waals surface area contributed by atoms with E-state index in [-0.39, 0.29) is 11.8 Å². The van der Waals surface area contributed by atoms with Gasteiger partial charge in [-0.3, -0.25) is 14.4 Å². The highest BCUT2D eigenvalue weighted by Gasteiger charge is 2.28. The van der Waals surface area contributed by atoms with Gasteiger partial charge in [-0.2, -0.15) is 0 Å². The lowest BCUT2D eigenvalue weighted by Crippen LogP contribution is -2.34. The van der Waals surface area contributed by atoms with E-state index in [9.17, 15) is 14.4 Å². The first-order valence-electron chi connectivity index (χ1n) is 8.73. The molecule has 3 rings (SSSR count). The molecule has 0 fully saturated rings. The molecule has 3 N–H and O–H groups in total. The van der Waals surface area contributed by atoms with Gasteiger partial charge in [0.25, 0.3) is 5.91 Å². The van der Waals surface area contributed by atoms with E-state index in [2.05, 4.69) is 5.32 Å². The molecule has 1 aliphatic rings. The highest BCUT2D eigenvalue weighted by molar-refractivity contribution is 7.99. The molecule has 1 aromatic heterocycles. The Morgan fingerprint density at radius 3 is 2.64 bits per heavy atom. The second-order valence-electron chi connectivity index (χ2n) is 6.36. The van der Waals surface area contributed by atoms with Crippen molar-refractivity contribution in [2.45, 2.75) is 31.2 Å². The lowest BCUT2D eigenvalue weighted by atomic mass is 10.0. The monoisotopic (exact) mass is 437 g/mol. The van der Waals surface area contributed by atoms with E-state index in [1.54, 1.807) is 16.7 Å². The van der Waals surface area contributed by atoms with E-state index < -0.39 is 5.91 Å². The molecule has 28 heavy (non-hydrogen) atoms. The van der Waals surface area contributed by atoms with Crippen molar-refractivity contribution < 1.29 is 14.4 Å². The number of nitrogens with zero attached hydrogens (tertiary/aromatic N) is 1. The SMILES string of the molecule is CC(=O)N1CCc2c(sc(NC(=O)CCSc3ccc(Cl)cc3)c2C(N)=O)C1. The van der Waals surface area contributed by atoms with Gasteiger partial charge in [0.1, 0.15) is 5.00 Å². The van der Waals surface area contributed by atoms with Crippen LogP contribution in [0.25, 0.3) is 0 Å². The van der Waals surface area contributed by atoms with E-state index in [0.29, 0.717) is 47.3 Å². The van der Waals surface area contributed by atoms with Crippen LogP contribution in [0.1, 0.15) is 34.1 Å². The van der Waals surface area contributed by atoms with Gasteiger partial charge >= 0.3 is 0 Å². The number of anilines is 1. The fourth-order valence-corrected chi connectivity index (χ4v) is 5.27. The highest BCUT2D eigenvalue weighted by Crippen LogP contribution is 2.37. The molecule has 0 unspecified atom stereocenters. The zero-order valence-electron chi connectivity index (χ0n) is 15.3. The van der Waals surface area contributed by atoms with Crippen molar-refractivity contribution in [2.24, 2.45) is 5.73 Å². The molecule has 1 aromatic carbocycles. The van der Waals surface area contributed by atoms with Crippen LogP contribution in [0.2, 0.25) is 5.02 Å². The van der Waals surface area contributed by atoms with Crippen LogP contribution < -0.4 is 11.1 Å². The number of fused-ring (bicyclic) bond motifs is 1. The predicted molar refractivity (Wildman–Crippen MR) is 113 cm³/mol. The largest absolute Gasteiger partial charge is 0.365 e. The minimum absolute atomic E-state index is 0.00974. The summed E-state index contributed by atoms with van der Waals surface area (Å²) in [6.45, 7) is 2.51. The van der Waals surface area contributed by atoms with Crippen LogP contribution in [0.5, 0.6) is 0 Å². The summed E-state index contributed by atoms with van der Waals surface area (Å²) in [4.78, 5) is 39.6. The van der Waals surface area contributed by atoms with Gasteiger partial charge in [-0.25, -0.2) is 0 Å². The molecule has 0 saturated carbocycles. The van der Waals surface area contributed by atoms with Crippen LogP contribution >= 0.6 is 34.7 Å². The Hall–Kier alpha value is -2.03. The van der Waals surface area contributed by atoms with Gasteiger partial charge in [-0.1, -0.05) is 11.6 Å². The fourth-order valence-electron chi connectivity index (χ4n) is 3.00. The normalized spacial score (nSPS) is 13.1. The average Bonchev–Trinajstić information content (AvgIpc) is 3.00. The number of nitrogens with two attached hydrogens (primary N) is 1. The Morgan fingerprint density at radius 2 is 2.00 bits per heavy atom. The molecule has 0 aliphatic carbocycles. The second kappa shape index (κ2) is 8.98. The van der Waals surface area contributed by atoms with Crippen LogP contribution in [0.15, 0.2) is 29.2 Å². The molecule has 148 valence electrons. The van der Waals surface area contributed by atoms with Crippen molar-refractivity contribution in [3.63, 3.8) is 0 Å². The van der Waals surface area contributed by atoms with E-state index in [1.807, 2.05) is 24.3 Å². The van der Waals surface area contributed by atoms with Gasteiger partial charge in [-0.15, -0.1) is 23.1 Å². The molecule has 0 spiro atoms. The van der Waals surface area contributed by atoms with E-state index in [1.165, 1.54) is 18.3 Å². The Morgan fingerprint density at radius 1 is 1.29 bits per heavy atom. The molecule has 6 nitrogen and oxygen atoms in total. The van der Waals surface area contributed by atoms with Gasteiger partial charge in [0, 0.05) is 40.4 Å². The van der Waals surface area contributed by atoms with Gasteiger partial charge in [0.15, 0.2) is 0 Å². The van der Waals surface area contributed by atoms with Crippen LogP contribution in [0, 0.1) is 0 Å². The zero-order valence-corrected chi connectivity index (χ0v) is 17.7. The summed E-state index contributed by atoms with van der Waals surface area (Å²) in [5.74, 6) is -0.141. The third-order valence-corrected chi connectivity index (χ3v) is 6.81. The van der Waals surface area contributed by atoms with Crippen LogP contribution in [-0.4, -0.2) is 34.9 Å². The molecular weight excluding hydrogens is 418 g/mol. The van der Waals surface area contributed by atoms with Gasteiger partial charge < -0.3 is 16.0 Å². The molecule has 9 heteroatoms. The van der Waals surface area contributed by atoms with Crippen molar-refractivity contribution in [2.75, 3.05) is 17.6 Å². The number of thiophene rings is 1. The minimum Gasteiger partial charge on any atom is -0.365 e. The average molecular weight is 438 g/mol. The maximum Gasteiger partial charge on any atom is 0.251 e. The minimum atomic E-state index is -0.556. The number of carbonyl (C=O) groups excluding carboxylic acids is 3. The van der Waals surface area contributed by atoms with Crippen molar-refractivity contribution in [3.8, 4) is 0 Å². The summed E-state index contributed by atoms with van der Waals surface area (Å²) < 4.78 is 0. The molecular formula is C19H20ClN3O3S2. The third kappa shape index (κ3) is 4.87. The van der Waals surface area contributed by atoms with Gasteiger partial charge in [-0.05, 0) is 36.2 Å². The summed E-state index contributed by atoms with van der Waals surface area (Å²) >= 11 is 8.75. The topological polar surface area (TPSA) is 92.5 Å². The summed E-state index contributed by atoms with van der Waals surface area (Å²) in [6, 6.07) is 7.43. The lowest BCUT2D eigenvalue weighted by molar-refractivity contribution is -0.129. The Labute approximate surface area is 176 Å². The molecule has 2 heterocycles. The number of benzene rings is 1. The van der Waals surface area contributed by atoms with E-state index in [4.69, 9.17) is 17.3 Å². The zero-order chi connectivity index (χ0) is 20.3. The van der Waals surface area contributed by atoms with Crippen LogP contribution in [-0.2, 0) is 22.6 Å². The van der Waals surface area contributed by atoms with Crippen molar-refractivity contribution in [1.29, 1.82) is 0 Å². The predicted octanol–water partition coefficient (Wildman–Crippen LogP) is 3.53. The highest BCUT2D eigenvalue weighted by atomic mass is 35.5. The number of carbonyl (C=O) groups is 3. The summed E-state index contributed by atoms with van der Waals surface area (Å²) in [7, 11) is 0. The van der Waals surface area contributed by atoms with Crippen molar-refractivity contribution >= 4 is 57.4 Å². The number of hydrogen-bond acceptors (Lipinski definition) is 5. The molecule has 0 saturated heterocycles. The van der Waals surface area contributed by atoms with E-state index in [0.717, 1.165) is 15.3 Å². The number of primary amides is 1. The Bertz CT molecular complexity index is 912.